The van der Waals surface area contributed by atoms with Crippen LogP contribution in [0, 0.1) is 17.7 Å². The molecule has 0 saturated carbocycles. The molecule has 0 unspecified atom stereocenters. The molecular formula is C14H17FN2O2. The van der Waals surface area contributed by atoms with Gasteiger partial charge < -0.3 is 10.8 Å². The second-order valence-electron chi connectivity index (χ2n) is 4.04. The lowest BCUT2D eigenvalue weighted by atomic mass is 10.1. The second-order valence-corrected chi connectivity index (χ2v) is 4.04. The third kappa shape index (κ3) is 5.08. The molecule has 1 aromatic carbocycles. The Kier molecular flexibility index (Phi) is 6.00. The predicted molar refractivity (Wildman–Crippen MR) is 70.5 cm³/mol. The quantitative estimate of drug-likeness (QED) is 0.760. The summed E-state index contributed by atoms with van der Waals surface area (Å²) in [4.78, 5) is 12.7. The predicted octanol–water partition coefficient (Wildman–Crippen LogP) is 0.477. The van der Waals surface area contributed by atoms with E-state index < -0.39 is 11.7 Å². The van der Waals surface area contributed by atoms with E-state index in [0.717, 1.165) is 5.56 Å². The normalized spacial score (nSPS) is 10.1. The lowest BCUT2D eigenvalue weighted by Crippen LogP contribution is -2.33. The van der Waals surface area contributed by atoms with Crippen molar-refractivity contribution in [2.75, 3.05) is 19.7 Å². The van der Waals surface area contributed by atoms with Crippen molar-refractivity contribution < 1.29 is 14.3 Å². The number of aliphatic hydroxyl groups excluding tert-OH is 1. The molecule has 0 aliphatic carbocycles. The van der Waals surface area contributed by atoms with Crippen LogP contribution in [0.1, 0.15) is 18.1 Å². The van der Waals surface area contributed by atoms with Gasteiger partial charge in [-0.1, -0.05) is 24.8 Å². The number of nitrogens with two attached hydrogens (primary N) is 1. The number of primary amides is 1. The van der Waals surface area contributed by atoms with Gasteiger partial charge in [0.15, 0.2) is 0 Å². The number of halogens is 1. The smallest absolute Gasteiger partial charge is 0.231 e. The first-order chi connectivity index (χ1) is 9.06. The Balaban J connectivity index is 2.86. The Morgan fingerprint density at radius 2 is 2.26 bits per heavy atom. The summed E-state index contributed by atoms with van der Waals surface area (Å²) in [5, 5.41) is 8.61. The first-order valence-corrected chi connectivity index (χ1v) is 5.95. The number of hydrogen-bond acceptors (Lipinski definition) is 3. The highest BCUT2D eigenvalue weighted by molar-refractivity contribution is 5.75. The van der Waals surface area contributed by atoms with Crippen LogP contribution in [-0.2, 0) is 11.3 Å². The highest BCUT2D eigenvalue weighted by Crippen LogP contribution is 2.11. The Morgan fingerprint density at radius 3 is 2.84 bits per heavy atom. The molecule has 1 amide bonds. The van der Waals surface area contributed by atoms with Crippen LogP contribution in [-0.4, -0.2) is 35.6 Å². The molecule has 5 heteroatoms. The van der Waals surface area contributed by atoms with Gasteiger partial charge in [0.05, 0.1) is 12.1 Å². The summed E-state index contributed by atoms with van der Waals surface area (Å²) >= 11 is 0. The maximum absolute atomic E-state index is 13.5. The van der Waals surface area contributed by atoms with Crippen molar-refractivity contribution in [2.45, 2.75) is 13.5 Å². The van der Waals surface area contributed by atoms with Gasteiger partial charge in [0.2, 0.25) is 5.91 Å². The fourth-order valence-corrected chi connectivity index (χ4v) is 1.66. The minimum Gasteiger partial charge on any atom is -0.384 e. The van der Waals surface area contributed by atoms with Crippen LogP contribution in [0.2, 0.25) is 0 Å². The van der Waals surface area contributed by atoms with Gasteiger partial charge in [0.1, 0.15) is 12.4 Å². The van der Waals surface area contributed by atoms with E-state index in [-0.39, 0.29) is 18.7 Å². The molecule has 1 aromatic rings. The van der Waals surface area contributed by atoms with E-state index in [2.05, 4.69) is 11.8 Å². The van der Waals surface area contributed by atoms with Crippen molar-refractivity contribution in [3.8, 4) is 11.8 Å². The fourth-order valence-electron chi connectivity index (χ4n) is 1.66. The van der Waals surface area contributed by atoms with Crippen LogP contribution in [0.4, 0.5) is 4.39 Å². The van der Waals surface area contributed by atoms with Crippen LogP contribution in [0.15, 0.2) is 18.2 Å². The molecule has 0 spiro atoms. The number of hydrogen-bond donors (Lipinski definition) is 2. The summed E-state index contributed by atoms with van der Waals surface area (Å²) in [6, 6.07) is 4.58. The Bertz CT molecular complexity index is 506. The number of nitrogens with zero attached hydrogens (tertiary/aromatic N) is 1. The zero-order valence-electron chi connectivity index (χ0n) is 10.8. The summed E-state index contributed by atoms with van der Waals surface area (Å²) in [5.74, 6) is 4.13. The van der Waals surface area contributed by atoms with E-state index in [4.69, 9.17) is 10.8 Å². The van der Waals surface area contributed by atoms with Crippen LogP contribution in [0.3, 0.4) is 0 Å². The average molecular weight is 264 g/mol. The van der Waals surface area contributed by atoms with Crippen molar-refractivity contribution in [1.82, 2.24) is 4.90 Å². The number of amides is 1. The third-order valence-electron chi connectivity index (χ3n) is 2.57. The van der Waals surface area contributed by atoms with Crippen molar-refractivity contribution in [3.63, 3.8) is 0 Å². The first-order valence-electron chi connectivity index (χ1n) is 5.95. The largest absolute Gasteiger partial charge is 0.384 e. The van der Waals surface area contributed by atoms with Crippen LogP contribution in [0.5, 0.6) is 0 Å². The molecule has 0 radical (unpaired) electrons. The molecule has 0 heterocycles. The molecule has 0 aromatic heterocycles. The van der Waals surface area contributed by atoms with E-state index in [1.54, 1.807) is 12.1 Å². The van der Waals surface area contributed by atoms with Crippen molar-refractivity contribution >= 4 is 5.91 Å². The molecule has 0 fully saturated rings. The fraction of sp³-hybridized carbons (Fsp3) is 0.357. The highest BCUT2D eigenvalue weighted by Gasteiger charge is 2.08. The molecule has 3 N–H and O–H groups in total. The number of carbonyl (C=O) groups excluding carboxylic acids is 1. The van der Waals surface area contributed by atoms with Crippen molar-refractivity contribution in [1.29, 1.82) is 0 Å². The van der Waals surface area contributed by atoms with Crippen molar-refractivity contribution in [2.24, 2.45) is 5.73 Å². The third-order valence-corrected chi connectivity index (χ3v) is 2.57. The van der Waals surface area contributed by atoms with Crippen LogP contribution in [0.25, 0.3) is 0 Å². The summed E-state index contributed by atoms with van der Waals surface area (Å²) in [7, 11) is 0. The van der Waals surface area contributed by atoms with Gasteiger partial charge in [-0.2, -0.15) is 0 Å². The van der Waals surface area contributed by atoms with Gasteiger partial charge in [0, 0.05) is 6.54 Å². The molecule has 19 heavy (non-hydrogen) atoms. The molecular weight excluding hydrogens is 247 g/mol. The van der Waals surface area contributed by atoms with Gasteiger partial charge in [-0.15, -0.1) is 0 Å². The lowest BCUT2D eigenvalue weighted by Gasteiger charge is -2.18. The Labute approximate surface area is 112 Å². The maximum Gasteiger partial charge on any atom is 0.231 e. The number of carbonyl (C=O) groups is 1. The number of aliphatic hydroxyl groups is 1. The van der Waals surface area contributed by atoms with Crippen molar-refractivity contribution in [3.05, 3.63) is 35.1 Å². The van der Waals surface area contributed by atoms with Gasteiger partial charge in [-0.25, -0.2) is 4.39 Å². The van der Waals surface area contributed by atoms with E-state index >= 15 is 0 Å². The Hall–Kier alpha value is -1.90. The van der Waals surface area contributed by atoms with Gasteiger partial charge >= 0.3 is 0 Å². The van der Waals surface area contributed by atoms with E-state index in [1.807, 2.05) is 11.8 Å². The molecule has 0 atom stereocenters. The second kappa shape index (κ2) is 7.52. The number of rotatable bonds is 5. The average Bonchev–Trinajstić information content (AvgIpc) is 2.38. The van der Waals surface area contributed by atoms with Gasteiger partial charge in [-0.3, -0.25) is 9.69 Å². The lowest BCUT2D eigenvalue weighted by molar-refractivity contribution is -0.119. The van der Waals surface area contributed by atoms with E-state index in [9.17, 15) is 9.18 Å². The van der Waals surface area contributed by atoms with Gasteiger partial charge in [0.25, 0.3) is 0 Å². The molecule has 0 aliphatic heterocycles. The summed E-state index contributed by atoms with van der Waals surface area (Å²) in [6.45, 7) is 2.92. The molecule has 4 nitrogen and oxygen atoms in total. The van der Waals surface area contributed by atoms with Crippen LogP contribution >= 0.6 is 0 Å². The minimum absolute atomic E-state index is 0.158. The number of likely N-dealkylation sites (N-methyl/N-ethyl adjacent to an activating group) is 1. The van der Waals surface area contributed by atoms with Crippen LogP contribution < -0.4 is 5.73 Å². The molecule has 0 bridgehead atoms. The van der Waals surface area contributed by atoms with E-state index in [0.29, 0.717) is 13.1 Å². The zero-order valence-corrected chi connectivity index (χ0v) is 10.8. The topological polar surface area (TPSA) is 66.6 Å². The van der Waals surface area contributed by atoms with E-state index in [1.165, 1.54) is 6.07 Å². The summed E-state index contributed by atoms with van der Waals surface area (Å²) < 4.78 is 13.5. The zero-order chi connectivity index (χ0) is 14.3. The standard InChI is InChI=1S/C14H17FN2O2/c1-2-17(10-14(16)19)9-11-5-6-13(15)12(8-11)4-3-7-18/h5-6,8,18H,2,7,9-10H2,1H3,(H2,16,19). The Morgan fingerprint density at radius 1 is 1.53 bits per heavy atom. The first kappa shape index (κ1) is 15.2. The summed E-state index contributed by atoms with van der Waals surface area (Å²) in [5.41, 5.74) is 6.23. The molecule has 0 saturated heterocycles. The van der Waals surface area contributed by atoms with Gasteiger partial charge in [-0.05, 0) is 24.2 Å². The number of benzene rings is 1. The maximum atomic E-state index is 13.5. The SMILES string of the molecule is CCN(CC(N)=O)Cc1ccc(F)c(C#CCO)c1. The minimum atomic E-state index is -0.428. The monoisotopic (exact) mass is 264 g/mol. The molecule has 0 aliphatic rings. The molecule has 102 valence electrons. The highest BCUT2D eigenvalue weighted by atomic mass is 19.1. The summed E-state index contributed by atoms with van der Waals surface area (Å²) in [6.07, 6.45) is 0. The molecule has 1 rings (SSSR count).